The molecule has 84 valence electrons. The fourth-order valence-corrected chi connectivity index (χ4v) is 2.25. The molecule has 2 nitrogen and oxygen atoms in total. The maximum atomic E-state index is 13.3. The van der Waals surface area contributed by atoms with Crippen LogP contribution in [-0.4, -0.2) is 5.11 Å². The van der Waals surface area contributed by atoms with Gasteiger partial charge in [0.15, 0.2) is 0 Å². The molecule has 0 saturated heterocycles. The molecule has 1 atom stereocenters. The van der Waals surface area contributed by atoms with Crippen molar-refractivity contribution in [1.29, 1.82) is 5.26 Å². The third-order valence-electron chi connectivity index (χ3n) is 3.25. The van der Waals surface area contributed by atoms with Crippen LogP contribution in [0.3, 0.4) is 0 Å². The van der Waals surface area contributed by atoms with Gasteiger partial charge in [0.25, 0.3) is 0 Å². The molecule has 1 unspecified atom stereocenters. The topological polar surface area (TPSA) is 44.0 Å². The highest BCUT2D eigenvalue weighted by Crippen LogP contribution is 2.49. The second-order valence-electron chi connectivity index (χ2n) is 4.20. The van der Waals surface area contributed by atoms with Gasteiger partial charge >= 0.3 is 0 Å². The summed E-state index contributed by atoms with van der Waals surface area (Å²) in [7, 11) is 0. The van der Waals surface area contributed by atoms with Crippen molar-refractivity contribution in [2.75, 3.05) is 0 Å². The van der Waals surface area contributed by atoms with E-state index in [1.54, 1.807) is 12.1 Å². The first-order valence-electron chi connectivity index (χ1n) is 5.13. The number of aliphatic hydroxyl groups is 1. The molecule has 1 aliphatic rings. The smallest absolute Gasteiger partial charge is 0.137 e. The van der Waals surface area contributed by atoms with Gasteiger partial charge in [0.2, 0.25) is 0 Å². The van der Waals surface area contributed by atoms with Crippen molar-refractivity contribution in [3.8, 4) is 6.07 Å². The number of nitrogens with zero attached hydrogens (tertiary/aromatic N) is 1. The number of nitriles is 1. The lowest BCUT2D eigenvalue weighted by molar-refractivity contribution is 0.00775. The minimum atomic E-state index is -0.895. The maximum Gasteiger partial charge on any atom is 0.137 e. The van der Waals surface area contributed by atoms with Gasteiger partial charge in [0, 0.05) is 0 Å². The number of benzene rings is 1. The summed E-state index contributed by atoms with van der Waals surface area (Å²) in [5, 5.41) is 19.2. The minimum Gasteiger partial charge on any atom is -0.387 e. The van der Waals surface area contributed by atoms with Gasteiger partial charge in [0.05, 0.1) is 22.1 Å². The summed E-state index contributed by atoms with van der Waals surface area (Å²) in [6.07, 6.45) is 1.42. The highest BCUT2D eigenvalue weighted by molar-refractivity contribution is 9.10. The van der Waals surface area contributed by atoms with E-state index in [1.807, 2.05) is 0 Å². The SMILES string of the molecule is N#CC1(C(O)c2ccc(Br)c(F)c2)CCC1. The van der Waals surface area contributed by atoms with Crippen LogP contribution in [0.15, 0.2) is 22.7 Å². The normalized spacial score (nSPS) is 19.6. The molecular formula is C12H11BrFNO. The van der Waals surface area contributed by atoms with Gasteiger partial charge in [-0.05, 0) is 46.5 Å². The molecule has 1 aliphatic carbocycles. The van der Waals surface area contributed by atoms with Crippen molar-refractivity contribution in [3.05, 3.63) is 34.1 Å². The summed E-state index contributed by atoms with van der Waals surface area (Å²) in [4.78, 5) is 0. The molecule has 2 rings (SSSR count). The quantitative estimate of drug-likeness (QED) is 0.905. The maximum absolute atomic E-state index is 13.3. The Morgan fingerprint density at radius 2 is 2.19 bits per heavy atom. The van der Waals surface area contributed by atoms with E-state index in [2.05, 4.69) is 22.0 Å². The molecule has 16 heavy (non-hydrogen) atoms. The van der Waals surface area contributed by atoms with Gasteiger partial charge in [-0.15, -0.1) is 0 Å². The lowest BCUT2D eigenvalue weighted by Gasteiger charge is -2.39. The van der Waals surface area contributed by atoms with E-state index in [0.29, 0.717) is 22.9 Å². The van der Waals surface area contributed by atoms with Crippen molar-refractivity contribution in [2.45, 2.75) is 25.4 Å². The van der Waals surface area contributed by atoms with E-state index in [1.165, 1.54) is 6.07 Å². The standard InChI is InChI=1S/C12H11BrFNO/c13-9-3-2-8(6-10(9)14)11(16)12(7-15)4-1-5-12/h2-3,6,11,16H,1,4-5H2. The number of rotatable bonds is 2. The Morgan fingerprint density at radius 1 is 1.50 bits per heavy atom. The summed E-state index contributed by atoms with van der Waals surface area (Å²) < 4.78 is 13.7. The number of aliphatic hydroxyl groups excluding tert-OH is 1. The van der Waals surface area contributed by atoms with Crippen molar-refractivity contribution >= 4 is 15.9 Å². The molecule has 1 aromatic rings. The Balaban J connectivity index is 2.31. The van der Waals surface area contributed by atoms with Gasteiger partial charge < -0.3 is 5.11 Å². The van der Waals surface area contributed by atoms with Gasteiger partial charge in [-0.25, -0.2) is 4.39 Å². The Kier molecular flexibility index (Phi) is 3.00. The summed E-state index contributed by atoms with van der Waals surface area (Å²) >= 11 is 3.06. The molecule has 0 amide bonds. The van der Waals surface area contributed by atoms with Crippen molar-refractivity contribution < 1.29 is 9.50 Å². The predicted molar refractivity (Wildman–Crippen MR) is 61.0 cm³/mol. The molecule has 0 heterocycles. The van der Waals surface area contributed by atoms with Crippen LogP contribution in [0.2, 0.25) is 0 Å². The van der Waals surface area contributed by atoms with Crippen LogP contribution in [0.25, 0.3) is 0 Å². The Morgan fingerprint density at radius 3 is 2.62 bits per heavy atom. The van der Waals surface area contributed by atoms with E-state index >= 15 is 0 Å². The minimum absolute atomic E-state index is 0.364. The first-order chi connectivity index (χ1) is 7.59. The molecule has 1 fully saturated rings. The van der Waals surface area contributed by atoms with Crippen LogP contribution in [-0.2, 0) is 0 Å². The second-order valence-corrected chi connectivity index (χ2v) is 5.05. The van der Waals surface area contributed by atoms with Gasteiger partial charge in [-0.2, -0.15) is 5.26 Å². The average Bonchev–Trinajstić information content (AvgIpc) is 2.21. The van der Waals surface area contributed by atoms with Gasteiger partial charge in [0.1, 0.15) is 5.82 Å². The fourth-order valence-electron chi connectivity index (χ4n) is 2.01. The lowest BCUT2D eigenvalue weighted by atomic mass is 9.65. The van der Waals surface area contributed by atoms with E-state index < -0.39 is 17.3 Å². The molecule has 0 radical (unpaired) electrons. The first-order valence-corrected chi connectivity index (χ1v) is 5.93. The summed E-state index contributed by atoms with van der Waals surface area (Å²) in [5.41, 5.74) is -0.234. The van der Waals surface area contributed by atoms with Crippen LogP contribution in [0.4, 0.5) is 4.39 Å². The number of hydrogen-bond donors (Lipinski definition) is 1. The van der Waals surface area contributed by atoms with Crippen LogP contribution in [0.1, 0.15) is 30.9 Å². The van der Waals surface area contributed by atoms with Crippen LogP contribution < -0.4 is 0 Å². The highest BCUT2D eigenvalue weighted by Gasteiger charge is 2.44. The van der Waals surface area contributed by atoms with Crippen LogP contribution >= 0.6 is 15.9 Å². The van der Waals surface area contributed by atoms with E-state index in [9.17, 15) is 9.50 Å². The molecular weight excluding hydrogens is 273 g/mol. The Hall–Kier alpha value is -0.920. The molecule has 0 bridgehead atoms. The molecule has 1 aromatic carbocycles. The van der Waals surface area contributed by atoms with Gasteiger partial charge in [-0.3, -0.25) is 0 Å². The molecule has 1 N–H and O–H groups in total. The molecule has 1 saturated carbocycles. The van der Waals surface area contributed by atoms with Crippen molar-refractivity contribution in [3.63, 3.8) is 0 Å². The predicted octanol–water partition coefficient (Wildman–Crippen LogP) is 3.32. The molecule has 4 heteroatoms. The van der Waals surface area contributed by atoms with Crippen molar-refractivity contribution in [2.24, 2.45) is 5.41 Å². The number of halogens is 2. The van der Waals surface area contributed by atoms with E-state index in [-0.39, 0.29) is 0 Å². The zero-order chi connectivity index (χ0) is 11.8. The zero-order valence-corrected chi connectivity index (χ0v) is 10.2. The molecule has 0 spiro atoms. The largest absolute Gasteiger partial charge is 0.387 e. The van der Waals surface area contributed by atoms with E-state index in [4.69, 9.17) is 5.26 Å². The lowest BCUT2D eigenvalue weighted by Crippen LogP contribution is -2.34. The first kappa shape index (κ1) is 11.6. The average molecular weight is 284 g/mol. The third-order valence-corrected chi connectivity index (χ3v) is 3.89. The molecule has 0 aliphatic heterocycles. The summed E-state index contributed by atoms with van der Waals surface area (Å²) in [6, 6.07) is 6.65. The highest BCUT2D eigenvalue weighted by atomic mass is 79.9. The van der Waals surface area contributed by atoms with E-state index in [0.717, 1.165) is 6.42 Å². The second kappa shape index (κ2) is 4.15. The zero-order valence-electron chi connectivity index (χ0n) is 8.58. The van der Waals surface area contributed by atoms with Crippen LogP contribution in [0.5, 0.6) is 0 Å². The summed E-state index contributed by atoms with van der Waals surface area (Å²) in [6.45, 7) is 0. The Labute approximate surface area is 102 Å². The number of hydrogen-bond acceptors (Lipinski definition) is 2. The summed E-state index contributed by atoms with van der Waals surface area (Å²) in [5.74, 6) is -0.413. The fraction of sp³-hybridized carbons (Fsp3) is 0.417. The van der Waals surface area contributed by atoms with Crippen LogP contribution in [0, 0.1) is 22.6 Å². The molecule has 0 aromatic heterocycles. The monoisotopic (exact) mass is 283 g/mol. The third kappa shape index (κ3) is 1.74. The Bertz CT molecular complexity index is 451. The van der Waals surface area contributed by atoms with Crippen molar-refractivity contribution in [1.82, 2.24) is 0 Å². The van der Waals surface area contributed by atoms with Gasteiger partial charge in [-0.1, -0.05) is 12.5 Å².